The van der Waals surface area contributed by atoms with Crippen molar-refractivity contribution in [1.82, 2.24) is 24.5 Å². The fraction of sp³-hybridized carbons (Fsp3) is 0. The SMILES string of the molecule is c1ccc(-c2cc(-c3cc4ccccc4c4ccccc34)cc(-c3ccc(-n4c5ccccc5c5cnccc54)nc3)n2)nc1. The van der Waals surface area contributed by atoms with E-state index in [-0.39, 0.29) is 0 Å². The van der Waals surface area contributed by atoms with E-state index < -0.39 is 0 Å². The van der Waals surface area contributed by atoms with Crippen LogP contribution in [0.15, 0.2) is 152 Å². The van der Waals surface area contributed by atoms with E-state index in [2.05, 4.69) is 118 Å². The molecule has 0 atom stereocenters. The van der Waals surface area contributed by atoms with Gasteiger partial charge in [-0.15, -0.1) is 0 Å². The van der Waals surface area contributed by atoms with Crippen LogP contribution in [-0.2, 0) is 0 Å². The maximum absolute atomic E-state index is 5.12. The number of aromatic nitrogens is 5. The molecule has 5 aromatic heterocycles. The first-order valence-corrected chi connectivity index (χ1v) is 15.0. The summed E-state index contributed by atoms with van der Waals surface area (Å²) < 4.78 is 2.19. The molecule has 0 saturated carbocycles. The summed E-state index contributed by atoms with van der Waals surface area (Å²) in [6, 6.07) is 44.4. The molecule has 5 heterocycles. The summed E-state index contributed by atoms with van der Waals surface area (Å²) in [4.78, 5) is 19.1. The highest BCUT2D eigenvalue weighted by Gasteiger charge is 2.16. The van der Waals surface area contributed by atoms with Crippen molar-refractivity contribution < 1.29 is 0 Å². The van der Waals surface area contributed by atoms with Crippen molar-refractivity contribution in [3.8, 4) is 39.6 Å². The lowest BCUT2D eigenvalue weighted by atomic mass is 9.92. The Morgan fingerprint density at radius 1 is 0.444 bits per heavy atom. The zero-order chi connectivity index (χ0) is 29.7. The van der Waals surface area contributed by atoms with E-state index in [1.807, 2.05) is 49.1 Å². The van der Waals surface area contributed by atoms with Crippen molar-refractivity contribution in [1.29, 1.82) is 0 Å². The van der Waals surface area contributed by atoms with Gasteiger partial charge < -0.3 is 0 Å². The minimum Gasteiger partial charge on any atom is -0.294 e. The Morgan fingerprint density at radius 3 is 2.04 bits per heavy atom. The van der Waals surface area contributed by atoms with Gasteiger partial charge in [0.15, 0.2) is 0 Å². The molecule has 9 rings (SSSR count). The molecule has 0 amide bonds. The zero-order valence-electron chi connectivity index (χ0n) is 24.2. The third-order valence-electron chi connectivity index (χ3n) is 8.58. The predicted molar refractivity (Wildman–Crippen MR) is 183 cm³/mol. The highest BCUT2D eigenvalue weighted by atomic mass is 15.1. The molecule has 5 nitrogen and oxygen atoms in total. The Bertz CT molecular complexity index is 2480. The second kappa shape index (κ2) is 10.2. The van der Waals surface area contributed by atoms with Gasteiger partial charge in [0.05, 0.1) is 28.1 Å². The van der Waals surface area contributed by atoms with Gasteiger partial charge in [0.2, 0.25) is 0 Å². The van der Waals surface area contributed by atoms with E-state index >= 15 is 0 Å². The van der Waals surface area contributed by atoms with Gasteiger partial charge in [-0.3, -0.25) is 14.5 Å². The molecule has 0 aliphatic rings. The fourth-order valence-corrected chi connectivity index (χ4v) is 6.50. The molecule has 4 aromatic carbocycles. The van der Waals surface area contributed by atoms with E-state index in [0.29, 0.717) is 0 Å². The van der Waals surface area contributed by atoms with Crippen molar-refractivity contribution in [3.63, 3.8) is 0 Å². The number of hydrogen-bond donors (Lipinski definition) is 0. The molecule has 5 heteroatoms. The van der Waals surface area contributed by atoms with E-state index in [9.17, 15) is 0 Å². The molecule has 0 fully saturated rings. The Kier molecular flexibility index (Phi) is 5.74. The first-order chi connectivity index (χ1) is 22.3. The van der Waals surface area contributed by atoms with Gasteiger partial charge >= 0.3 is 0 Å². The summed E-state index contributed by atoms with van der Waals surface area (Å²) in [5, 5.41) is 7.15. The topological polar surface area (TPSA) is 56.5 Å². The molecule has 0 bridgehead atoms. The van der Waals surface area contributed by atoms with Gasteiger partial charge in [-0.05, 0) is 87.3 Å². The highest BCUT2D eigenvalue weighted by molar-refractivity contribution is 6.14. The lowest BCUT2D eigenvalue weighted by Crippen LogP contribution is -1.98. The number of benzene rings is 4. The second-order valence-corrected chi connectivity index (χ2v) is 11.2. The summed E-state index contributed by atoms with van der Waals surface area (Å²) in [6.07, 6.45) is 7.49. The van der Waals surface area contributed by atoms with Crippen LogP contribution in [0, 0.1) is 0 Å². The fourth-order valence-electron chi connectivity index (χ4n) is 6.50. The normalized spacial score (nSPS) is 11.6. The highest BCUT2D eigenvalue weighted by Crippen LogP contribution is 2.38. The summed E-state index contributed by atoms with van der Waals surface area (Å²) in [6.45, 7) is 0. The third kappa shape index (κ3) is 4.17. The van der Waals surface area contributed by atoms with E-state index in [1.165, 1.54) is 21.5 Å². The molecule has 0 saturated heterocycles. The molecule has 9 aromatic rings. The Hall–Kier alpha value is -6.20. The van der Waals surface area contributed by atoms with Gasteiger partial charge in [0.25, 0.3) is 0 Å². The molecule has 45 heavy (non-hydrogen) atoms. The van der Waals surface area contributed by atoms with E-state index in [1.54, 1.807) is 0 Å². The summed E-state index contributed by atoms with van der Waals surface area (Å²) >= 11 is 0. The number of fused-ring (bicyclic) bond motifs is 6. The molecular weight excluding hydrogens is 550 g/mol. The Labute approximate surface area is 259 Å². The van der Waals surface area contributed by atoms with Gasteiger partial charge in [0, 0.05) is 41.1 Å². The van der Waals surface area contributed by atoms with Crippen LogP contribution in [0.4, 0.5) is 0 Å². The standard InChI is InChI=1S/C40H25N5/c1-2-10-29-26(9-1)21-33(31-12-4-3-11-30(29)31)28-22-36(44-37(23-28)35-14-7-8-19-42-35)27-16-17-40(43-24-27)45-38-15-6-5-13-32(38)34-25-41-20-18-39(34)45/h1-25H. The zero-order valence-corrected chi connectivity index (χ0v) is 24.2. The van der Waals surface area contributed by atoms with Crippen LogP contribution in [0.25, 0.3) is 82.9 Å². The second-order valence-electron chi connectivity index (χ2n) is 11.2. The molecule has 0 radical (unpaired) electrons. The van der Waals surface area contributed by atoms with Crippen LogP contribution in [-0.4, -0.2) is 24.5 Å². The maximum Gasteiger partial charge on any atom is 0.137 e. The predicted octanol–water partition coefficient (Wildman–Crippen LogP) is 9.67. The molecule has 0 spiro atoms. The smallest absolute Gasteiger partial charge is 0.137 e. The van der Waals surface area contributed by atoms with Crippen molar-refractivity contribution in [3.05, 3.63) is 152 Å². The van der Waals surface area contributed by atoms with Gasteiger partial charge in [-0.25, -0.2) is 9.97 Å². The van der Waals surface area contributed by atoms with Crippen molar-refractivity contribution in [2.75, 3.05) is 0 Å². The number of hydrogen-bond acceptors (Lipinski definition) is 4. The summed E-state index contributed by atoms with van der Waals surface area (Å²) in [5.41, 5.74) is 7.85. The molecule has 0 N–H and O–H groups in total. The van der Waals surface area contributed by atoms with Crippen LogP contribution < -0.4 is 0 Å². The number of nitrogens with zero attached hydrogens (tertiary/aromatic N) is 5. The van der Waals surface area contributed by atoms with Gasteiger partial charge in [-0.2, -0.15) is 0 Å². The van der Waals surface area contributed by atoms with Crippen molar-refractivity contribution in [2.24, 2.45) is 0 Å². The average molecular weight is 576 g/mol. The molecule has 0 unspecified atom stereocenters. The lowest BCUT2D eigenvalue weighted by molar-refractivity contribution is 1.08. The molecule has 210 valence electrons. The summed E-state index contributed by atoms with van der Waals surface area (Å²) in [7, 11) is 0. The van der Waals surface area contributed by atoms with Crippen molar-refractivity contribution >= 4 is 43.4 Å². The maximum atomic E-state index is 5.12. The van der Waals surface area contributed by atoms with Gasteiger partial charge in [-0.1, -0.05) is 72.8 Å². The van der Waals surface area contributed by atoms with Gasteiger partial charge in [0.1, 0.15) is 5.82 Å². The molecular formula is C40H25N5. The largest absolute Gasteiger partial charge is 0.294 e. The van der Waals surface area contributed by atoms with Crippen LogP contribution >= 0.6 is 0 Å². The molecule has 0 aliphatic carbocycles. The van der Waals surface area contributed by atoms with Crippen molar-refractivity contribution in [2.45, 2.75) is 0 Å². The van der Waals surface area contributed by atoms with Crippen LogP contribution in [0.2, 0.25) is 0 Å². The van der Waals surface area contributed by atoms with Crippen LogP contribution in [0.3, 0.4) is 0 Å². The number of pyridine rings is 4. The Balaban J connectivity index is 1.23. The minimum absolute atomic E-state index is 0.819. The first kappa shape index (κ1) is 25.3. The van der Waals surface area contributed by atoms with Crippen LogP contribution in [0.1, 0.15) is 0 Å². The summed E-state index contributed by atoms with van der Waals surface area (Å²) in [5.74, 6) is 0.845. The third-order valence-corrected chi connectivity index (χ3v) is 8.58. The number of rotatable bonds is 4. The van der Waals surface area contributed by atoms with Crippen LogP contribution in [0.5, 0.6) is 0 Å². The average Bonchev–Trinajstić information content (AvgIpc) is 3.46. The first-order valence-electron chi connectivity index (χ1n) is 15.0. The monoisotopic (exact) mass is 575 g/mol. The number of para-hydroxylation sites is 1. The quantitative estimate of drug-likeness (QED) is 0.196. The minimum atomic E-state index is 0.819. The molecule has 0 aliphatic heterocycles. The Morgan fingerprint density at radius 2 is 1.20 bits per heavy atom. The lowest BCUT2D eigenvalue weighted by Gasteiger charge is -2.14. The van der Waals surface area contributed by atoms with E-state index in [4.69, 9.17) is 9.97 Å². The van der Waals surface area contributed by atoms with E-state index in [0.717, 1.165) is 61.4 Å².